The van der Waals surface area contributed by atoms with E-state index >= 15 is 0 Å². The lowest BCUT2D eigenvalue weighted by Crippen LogP contribution is -2.36. The van der Waals surface area contributed by atoms with Gasteiger partial charge in [0, 0.05) is 18.9 Å². The number of aliphatic hydroxyl groups excluding tert-OH is 2. The summed E-state index contributed by atoms with van der Waals surface area (Å²) in [7, 11) is 0. The van der Waals surface area contributed by atoms with Gasteiger partial charge in [-0.3, -0.25) is 4.79 Å². The Morgan fingerprint density at radius 1 is 0.783 bits per heavy atom. The van der Waals surface area contributed by atoms with Crippen molar-refractivity contribution in [3.63, 3.8) is 0 Å². The fraction of sp³-hybridized carbons (Fsp3) is 0.897. The Morgan fingerprint density at radius 3 is 1.80 bits per heavy atom. The lowest BCUT2D eigenvalue weighted by atomic mass is 9.98. The zero-order valence-electron chi connectivity index (χ0n) is 29.9. The minimum atomic E-state index is -0.520. The predicted molar refractivity (Wildman–Crippen MR) is 186 cm³/mol. The van der Waals surface area contributed by atoms with E-state index in [1.807, 2.05) is 13.0 Å². The first-order chi connectivity index (χ1) is 22.3. The molecule has 6 atom stereocenters. The van der Waals surface area contributed by atoms with Gasteiger partial charge in [0.15, 0.2) is 0 Å². The van der Waals surface area contributed by atoms with Crippen molar-refractivity contribution in [3.8, 4) is 0 Å². The Labute approximate surface area is 281 Å². The summed E-state index contributed by atoms with van der Waals surface area (Å²) in [4.78, 5) is 23.5. The second-order valence-corrected chi connectivity index (χ2v) is 14.2. The first-order valence-corrected chi connectivity index (χ1v) is 19.4. The lowest BCUT2D eigenvalue weighted by Gasteiger charge is -2.27. The number of unbranched alkanes of at least 4 members (excludes halogenated alkanes) is 18. The molecule has 268 valence electrons. The number of hydrogen-bond donors (Lipinski definition) is 2. The molecule has 2 rings (SSSR count). The lowest BCUT2D eigenvalue weighted by molar-refractivity contribution is -0.159. The van der Waals surface area contributed by atoms with Crippen molar-refractivity contribution in [2.45, 2.75) is 224 Å². The van der Waals surface area contributed by atoms with E-state index in [0.29, 0.717) is 12.8 Å². The molecule has 0 saturated carbocycles. The third-order valence-electron chi connectivity index (χ3n) is 9.83. The zero-order chi connectivity index (χ0) is 33.4. The van der Waals surface area contributed by atoms with Crippen molar-refractivity contribution >= 4 is 11.9 Å². The molecule has 7 heteroatoms. The van der Waals surface area contributed by atoms with Crippen molar-refractivity contribution in [1.82, 2.24) is 0 Å². The van der Waals surface area contributed by atoms with Crippen LogP contribution in [0.4, 0.5) is 0 Å². The number of carbonyl (C=O) groups excluding carboxylic acids is 2. The highest BCUT2D eigenvalue weighted by Crippen LogP contribution is 2.30. The highest BCUT2D eigenvalue weighted by Gasteiger charge is 2.37. The van der Waals surface area contributed by atoms with E-state index in [2.05, 4.69) is 6.92 Å². The molecular formula is C39H70O7. The van der Waals surface area contributed by atoms with Gasteiger partial charge in [-0.15, -0.1) is 0 Å². The number of esters is 2. The molecule has 0 spiro atoms. The minimum Gasteiger partial charge on any atom is -0.460 e. The molecular weight excluding hydrogens is 580 g/mol. The van der Waals surface area contributed by atoms with Gasteiger partial charge in [-0.2, -0.15) is 0 Å². The molecule has 1 saturated heterocycles. The van der Waals surface area contributed by atoms with Gasteiger partial charge < -0.3 is 24.4 Å². The highest BCUT2D eigenvalue weighted by molar-refractivity contribution is 5.90. The van der Waals surface area contributed by atoms with Crippen molar-refractivity contribution in [1.29, 1.82) is 0 Å². The van der Waals surface area contributed by atoms with Crippen molar-refractivity contribution in [2.75, 3.05) is 0 Å². The molecule has 0 bridgehead atoms. The second kappa shape index (κ2) is 25.6. The number of cyclic esters (lactones) is 1. The van der Waals surface area contributed by atoms with Crippen LogP contribution in [-0.2, 0) is 23.8 Å². The minimum absolute atomic E-state index is 0.0624. The van der Waals surface area contributed by atoms with E-state index in [1.165, 1.54) is 96.8 Å². The molecule has 46 heavy (non-hydrogen) atoms. The number of carbonyl (C=O) groups is 2. The summed E-state index contributed by atoms with van der Waals surface area (Å²) in [6, 6.07) is 0. The van der Waals surface area contributed by atoms with Gasteiger partial charge in [0.25, 0.3) is 0 Å². The van der Waals surface area contributed by atoms with Crippen molar-refractivity contribution < 1.29 is 34.0 Å². The van der Waals surface area contributed by atoms with Crippen LogP contribution in [-0.4, -0.2) is 58.8 Å². The van der Waals surface area contributed by atoms with Crippen molar-refractivity contribution in [2.24, 2.45) is 0 Å². The number of ether oxygens (including phenoxy) is 3. The van der Waals surface area contributed by atoms with E-state index in [4.69, 9.17) is 14.2 Å². The Morgan fingerprint density at radius 2 is 1.28 bits per heavy atom. The summed E-state index contributed by atoms with van der Waals surface area (Å²) >= 11 is 0. The Kier molecular flexibility index (Phi) is 22.6. The van der Waals surface area contributed by atoms with Gasteiger partial charge in [-0.05, 0) is 51.5 Å². The number of rotatable bonds is 29. The molecule has 0 aromatic heterocycles. The van der Waals surface area contributed by atoms with E-state index in [1.54, 1.807) is 0 Å². The van der Waals surface area contributed by atoms with E-state index in [9.17, 15) is 19.8 Å². The molecule has 2 aliphatic heterocycles. The quantitative estimate of drug-likeness (QED) is 0.0614. The molecule has 0 amide bonds. The molecule has 1 unspecified atom stereocenters. The van der Waals surface area contributed by atoms with Gasteiger partial charge in [0.2, 0.25) is 0 Å². The van der Waals surface area contributed by atoms with Gasteiger partial charge >= 0.3 is 11.9 Å². The third-order valence-corrected chi connectivity index (χ3v) is 9.83. The summed E-state index contributed by atoms with van der Waals surface area (Å²) in [5, 5.41) is 21.5. The van der Waals surface area contributed by atoms with Crippen LogP contribution in [0, 0.1) is 0 Å². The molecule has 0 aromatic rings. The molecule has 0 radical (unpaired) electrons. The van der Waals surface area contributed by atoms with Gasteiger partial charge in [-0.25, -0.2) is 4.79 Å². The summed E-state index contributed by atoms with van der Waals surface area (Å²) in [6.45, 7) is 5.57. The van der Waals surface area contributed by atoms with Crippen LogP contribution >= 0.6 is 0 Å². The van der Waals surface area contributed by atoms with E-state index < -0.39 is 18.3 Å². The van der Waals surface area contributed by atoms with Crippen LogP contribution in [0.3, 0.4) is 0 Å². The molecule has 1 fully saturated rings. The molecule has 0 aliphatic carbocycles. The summed E-state index contributed by atoms with van der Waals surface area (Å²) < 4.78 is 17.0. The fourth-order valence-corrected chi connectivity index (χ4v) is 7.07. The van der Waals surface area contributed by atoms with Gasteiger partial charge in [0.1, 0.15) is 12.2 Å². The average Bonchev–Trinajstić information content (AvgIpc) is 3.64. The highest BCUT2D eigenvalue weighted by atomic mass is 16.6. The molecule has 7 nitrogen and oxygen atoms in total. The van der Waals surface area contributed by atoms with Crippen LogP contribution in [0.1, 0.15) is 188 Å². The molecule has 0 aromatic carbocycles. The Hall–Kier alpha value is -1.44. The fourth-order valence-electron chi connectivity index (χ4n) is 7.07. The van der Waals surface area contributed by atoms with E-state index in [0.717, 1.165) is 69.8 Å². The average molecular weight is 651 g/mol. The topological polar surface area (TPSA) is 102 Å². The van der Waals surface area contributed by atoms with Crippen LogP contribution < -0.4 is 0 Å². The van der Waals surface area contributed by atoms with Gasteiger partial charge in [0.05, 0.1) is 24.4 Å². The van der Waals surface area contributed by atoms with Crippen LogP contribution in [0.5, 0.6) is 0 Å². The molecule has 2 heterocycles. The van der Waals surface area contributed by atoms with Gasteiger partial charge in [-0.1, -0.05) is 129 Å². The first-order valence-electron chi connectivity index (χ1n) is 19.4. The van der Waals surface area contributed by atoms with Crippen LogP contribution in [0.25, 0.3) is 0 Å². The normalized spacial score (nSPS) is 21.6. The predicted octanol–water partition coefficient (Wildman–Crippen LogP) is 9.44. The zero-order valence-corrected chi connectivity index (χ0v) is 29.9. The monoisotopic (exact) mass is 651 g/mol. The maximum absolute atomic E-state index is 11.8. The summed E-state index contributed by atoms with van der Waals surface area (Å²) in [5.74, 6) is -0.480. The first kappa shape index (κ1) is 40.7. The number of hydrogen-bond acceptors (Lipinski definition) is 7. The SMILES string of the molecule is CCCCCCCCCCCC[C@@H](O)[C@H]1CC[C@H]([C@@H](C[C@H](O)CCCCCCCCCCCCC2=CC(C)OC2=O)OC(C)=O)O1. The number of aliphatic hydroxyl groups is 2. The van der Waals surface area contributed by atoms with Crippen LogP contribution in [0.15, 0.2) is 11.6 Å². The maximum atomic E-state index is 11.8. The van der Waals surface area contributed by atoms with Crippen molar-refractivity contribution in [3.05, 3.63) is 11.6 Å². The Bertz CT molecular complexity index is 827. The third kappa shape index (κ3) is 18.8. The summed E-state index contributed by atoms with van der Waals surface area (Å²) in [6.07, 6.45) is 28.6. The Balaban J connectivity index is 1.48. The van der Waals surface area contributed by atoms with Crippen LogP contribution in [0.2, 0.25) is 0 Å². The summed E-state index contributed by atoms with van der Waals surface area (Å²) in [5.41, 5.74) is 0.852. The maximum Gasteiger partial charge on any atom is 0.334 e. The smallest absolute Gasteiger partial charge is 0.334 e. The van der Waals surface area contributed by atoms with E-state index in [-0.39, 0.29) is 30.3 Å². The molecule has 2 N–H and O–H groups in total. The second-order valence-electron chi connectivity index (χ2n) is 14.2. The standard InChI is InChI=1S/C39H70O7/c1-4-5-6-7-8-9-14-17-20-23-26-35(42)36-27-28-37(46-36)38(45-32(3)40)30-34(41)25-22-19-16-13-11-10-12-15-18-21-24-33-29-31(2)44-39(33)43/h29,31,34-38,41-42H,4-28,30H2,1-3H3/t31?,34-,35-,36-,37-,38-/m1/s1. The largest absolute Gasteiger partial charge is 0.460 e. The molecule has 2 aliphatic rings.